The Labute approximate surface area is 444 Å². The Kier molecular flexibility index (Phi) is 59.9. The molecule has 2 unspecified atom stereocenters. The summed E-state index contributed by atoms with van der Waals surface area (Å²) >= 11 is 0. The molecule has 0 aromatic carbocycles. The third kappa shape index (κ3) is 57.7. The van der Waals surface area contributed by atoms with Crippen LogP contribution in [0.25, 0.3) is 0 Å². The lowest BCUT2D eigenvalue weighted by Gasteiger charge is -2.20. The van der Waals surface area contributed by atoms with Crippen LogP contribution in [0.5, 0.6) is 0 Å². The predicted octanol–water partition coefficient (Wildman–Crippen LogP) is 20.4. The lowest BCUT2D eigenvalue weighted by atomic mass is 10.0. The molecule has 0 aliphatic carbocycles. The van der Waals surface area contributed by atoms with Crippen LogP contribution < -0.4 is 5.32 Å². The number of ether oxygens (including phenoxy) is 1. The van der Waals surface area contributed by atoms with Crippen molar-refractivity contribution in [1.29, 1.82) is 0 Å². The van der Waals surface area contributed by atoms with Crippen LogP contribution in [-0.4, -0.2) is 47.4 Å². The van der Waals surface area contributed by atoms with Crippen LogP contribution in [0.1, 0.15) is 367 Å². The molecule has 0 aliphatic heterocycles. The van der Waals surface area contributed by atoms with Crippen molar-refractivity contribution >= 4 is 11.9 Å². The summed E-state index contributed by atoms with van der Waals surface area (Å²) in [5.74, 6) is -0.0636. The number of hydrogen-bond acceptors (Lipinski definition) is 5. The van der Waals surface area contributed by atoms with Crippen molar-refractivity contribution in [2.75, 3.05) is 13.2 Å². The van der Waals surface area contributed by atoms with Crippen LogP contribution in [-0.2, 0) is 14.3 Å². The molecule has 71 heavy (non-hydrogen) atoms. The lowest BCUT2D eigenvalue weighted by Crippen LogP contribution is -2.45. The molecule has 3 N–H and O–H groups in total. The lowest BCUT2D eigenvalue weighted by molar-refractivity contribution is -0.143. The summed E-state index contributed by atoms with van der Waals surface area (Å²) in [6, 6.07) is -0.633. The van der Waals surface area contributed by atoms with Crippen molar-refractivity contribution in [3.8, 4) is 0 Å². The van der Waals surface area contributed by atoms with Gasteiger partial charge in [0.05, 0.1) is 25.4 Å². The fraction of sp³-hybridized carbons (Fsp3) is 0.938. The zero-order valence-electron chi connectivity index (χ0n) is 48.2. The number of aliphatic hydroxyl groups excluding tert-OH is 2. The van der Waals surface area contributed by atoms with Crippen molar-refractivity contribution in [3.05, 3.63) is 12.2 Å². The van der Waals surface area contributed by atoms with Crippen molar-refractivity contribution < 1.29 is 24.5 Å². The number of allylic oxidation sites excluding steroid dienone is 1. The second kappa shape index (κ2) is 61.1. The number of carbonyl (C=O) groups is 2. The summed E-state index contributed by atoms with van der Waals surface area (Å²) in [5, 5.41) is 23.2. The zero-order valence-corrected chi connectivity index (χ0v) is 48.2. The molecule has 0 rings (SSSR count). The molecule has 422 valence electrons. The molecule has 0 spiro atoms. The van der Waals surface area contributed by atoms with Crippen LogP contribution in [0.15, 0.2) is 12.2 Å². The van der Waals surface area contributed by atoms with Crippen molar-refractivity contribution in [2.24, 2.45) is 0 Å². The van der Waals surface area contributed by atoms with Crippen LogP contribution >= 0.6 is 0 Å². The van der Waals surface area contributed by atoms with Gasteiger partial charge < -0.3 is 20.3 Å². The molecule has 1 amide bonds. The van der Waals surface area contributed by atoms with Gasteiger partial charge in [0.15, 0.2) is 0 Å². The Balaban J connectivity index is 3.43. The molecule has 0 saturated carbocycles. The Hall–Kier alpha value is -1.40. The number of esters is 1. The second-order valence-corrected chi connectivity index (χ2v) is 22.5. The number of rotatable bonds is 61. The standard InChI is InChI=1S/C65H127NO5/c1-3-5-7-9-11-13-15-17-19-21-22-23-24-25-26-29-33-37-41-45-49-53-57-63(68)62(61-67)66-64(69)58-54-50-46-42-38-34-30-27-28-32-36-40-44-48-52-56-60-71-65(70)59-55-51-47-43-39-35-31-20-18-16-14-12-10-8-6-4-2/h53,57,62-63,67-68H,3-52,54-56,58-61H2,1-2H3,(H,66,69)/b57-53+. The summed E-state index contributed by atoms with van der Waals surface area (Å²) in [6.45, 7) is 4.93. The first-order valence-electron chi connectivity index (χ1n) is 32.5. The van der Waals surface area contributed by atoms with E-state index in [2.05, 4.69) is 19.2 Å². The van der Waals surface area contributed by atoms with Crippen LogP contribution in [0.3, 0.4) is 0 Å². The molecule has 0 aromatic heterocycles. The molecular weight excluding hydrogens is 875 g/mol. The molecule has 0 radical (unpaired) electrons. The molecule has 0 saturated heterocycles. The quantitative estimate of drug-likeness (QED) is 0.0320. The van der Waals surface area contributed by atoms with E-state index in [1.54, 1.807) is 6.08 Å². The Morgan fingerprint density at radius 3 is 0.958 bits per heavy atom. The second-order valence-electron chi connectivity index (χ2n) is 22.5. The number of hydrogen-bond donors (Lipinski definition) is 3. The first-order chi connectivity index (χ1) is 35.0. The molecule has 6 heteroatoms. The number of unbranched alkanes of at least 4 members (excludes halogenated alkanes) is 50. The number of nitrogens with one attached hydrogen (secondary N) is 1. The smallest absolute Gasteiger partial charge is 0.305 e. The third-order valence-electron chi connectivity index (χ3n) is 15.3. The number of aliphatic hydroxyl groups is 2. The van der Waals surface area contributed by atoms with Gasteiger partial charge in [-0.3, -0.25) is 9.59 Å². The monoisotopic (exact) mass is 1000 g/mol. The summed E-state index contributed by atoms with van der Waals surface area (Å²) in [6.07, 6.45) is 74.0. The highest BCUT2D eigenvalue weighted by Crippen LogP contribution is 2.18. The van der Waals surface area contributed by atoms with E-state index >= 15 is 0 Å². The Bertz CT molecular complexity index is 1060. The highest BCUT2D eigenvalue weighted by Gasteiger charge is 2.18. The van der Waals surface area contributed by atoms with Gasteiger partial charge >= 0.3 is 5.97 Å². The van der Waals surface area contributed by atoms with E-state index in [0.29, 0.717) is 19.4 Å². The number of amides is 1. The predicted molar refractivity (Wildman–Crippen MR) is 310 cm³/mol. The third-order valence-corrected chi connectivity index (χ3v) is 15.3. The van der Waals surface area contributed by atoms with E-state index in [4.69, 9.17) is 4.74 Å². The topological polar surface area (TPSA) is 95.9 Å². The van der Waals surface area contributed by atoms with Gasteiger partial charge in [-0.2, -0.15) is 0 Å². The van der Waals surface area contributed by atoms with Crippen LogP contribution in [0.4, 0.5) is 0 Å². The largest absolute Gasteiger partial charge is 0.466 e. The average Bonchev–Trinajstić information content (AvgIpc) is 3.37. The maximum Gasteiger partial charge on any atom is 0.305 e. The molecule has 0 aliphatic rings. The maximum absolute atomic E-state index is 12.5. The number of carbonyl (C=O) groups excluding carboxylic acids is 2. The van der Waals surface area contributed by atoms with Gasteiger partial charge in [0.1, 0.15) is 0 Å². The summed E-state index contributed by atoms with van der Waals surface area (Å²) in [7, 11) is 0. The molecule has 0 fully saturated rings. The Morgan fingerprint density at radius 2 is 0.648 bits per heavy atom. The van der Waals surface area contributed by atoms with E-state index < -0.39 is 12.1 Å². The van der Waals surface area contributed by atoms with Gasteiger partial charge in [-0.25, -0.2) is 0 Å². The fourth-order valence-electron chi connectivity index (χ4n) is 10.3. The van der Waals surface area contributed by atoms with E-state index in [1.807, 2.05) is 6.08 Å². The summed E-state index contributed by atoms with van der Waals surface area (Å²) in [4.78, 5) is 24.6. The average molecular weight is 1000 g/mol. The van der Waals surface area contributed by atoms with Gasteiger partial charge in [0, 0.05) is 12.8 Å². The van der Waals surface area contributed by atoms with Crippen molar-refractivity contribution in [2.45, 2.75) is 379 Å². The molecule has 0 bridgehead atoms. The van der Waals surface area contributed by atoms with Crippen molar-refractivity contribution in [3.63, 3.8) is 0 Å². The minimum Gasteiger partial charge on any atom is -0.466 e. The fourth-order valence-corrected chi connectivity index (χ4v) is 10.3. The molecule has 6 nitrogen and oxygen atoms in total. The first-order valence-corrected chi connectivity index (χ1v) is 32.5. The van der Waals surface area contributed by atoms with E-state index in [1.165, 1.54) is 295 Å². The minimum atomic E-state index is -0.849. The van der Waals surface area contributed by atoms with E-state index in [-0.39, 0.29) is 18.5 Å². The highest BCUT2D eigenvalue weighted by molar-refractivity contribution is 5.76. The molecule has 0 aromatic rings. The molecular formula is C65H127NO5. The van der Waals surface area contributed by atoms with Gasteiger partial charge in [-0.15, -0.1) is 0 Å². The minimum absolute atomic E-state index is 0.00675. The maximum atomic E-state index is 12.5. The van der Waals surface area contributed by atoms with Crippen LogP contribution in [0.2, 0.25) is 0 Å². The molecule has 2 atom stereocenters. The van der Waals surface area contributed by atoms with Crippen LogP contribution in [0, 0.1) is 0 Å². The summed E-state index contributed by atoms with van der Waals surface area (Å²) < 4.78 is 5.49. The van der Waals surface area contributed by atoms with Gasteiger partial charge in [0.25, 0.3) is 0 Å². The van der Waals surface area contributed by atoms with Gasteiger partial charge in [-0.05, 0) is 32.1 Å². The normalized spacial score (nSPS) is 12.6. The first kappa shape index (κ1) is 69.6. The summed E-state index contributed by atoms with van der Waals surface area (Å²) in [5.41, 5.74) is 0. The Morgan fingerprint density at radius 1 is 0.380 bits per heavy atom. The van der Waals surface area contributed by atoms with E-state index in [9.17, 15) is 19.8 Å². The van der Waals surface area contributed by atoms with E-state index in [0.717, 1.165) is 44.9 Å². The van der Waals surface area contributed by atoms with Gasteiger partial charge in [0.2, 0.25) is 5.91 Å². The van der Waals surface area contributed by atoms with Crippen molar-refractivity contribution in [1.82, 2.24) is 5.32 Å². The highest BCUT2D eigenvalue weighted by atomic mass is 16.5. The zero-order chi connectivity index (χ0) is 51.4. The SMILES string of the molecule is CCCCCCCCCCCCCCCCCCCCCC/C=C/C(O)C(CO)NC(=O)CCCCCCCCCCCCCCCCCCOC(=O)CCCCCCCCCCCCCCCCCC. The van der Waals surface area contributed by atoms with Gasteiger partial charge in [-0.1, -0.05) is 334 Å². The molecule has 0 heterocycles.